The standard InChI is InChI=1S/C25H24N4O3S3/c1-33-9-5-21(25(31)32)29-23(30)19-3-2-16(13-20(19)17-4-10-34-15-17)12-18(24-28-8-11-35-24)14-22-26-6-7-27-22/h2-4,6-8,10-13,15,21H,5,9,14H2,1H3,(H,26,27)(H,29,30)(H,31,32)/t21-/m0/s1. The second kappa shape index (κ2) is 12.0. The largest absolute Gasteiger partial charge is 0.480 e. The van der Waals surface area contributed by atoms with Crippen molar-refractivity contribution in [1.29, 1.82) is 0 Å². The van der Waals surface area contributed by atoms with Crippen LogP contribution < -0.4 is 5.32 Å². The van der Waals surface area contributed by atoms with E-state index in [0.717, 1.165) is 33.1 Å². The van der Waals surface area contributed by atoms with Gasteiger partial charge in [-0.2, -0.15) is 23.1 Å². The van der Waals surface area contributed by atoms with Crippen molar-refractivity contribution in [3.05, 3.63) is 81.0 Å². The Morgan fingerprint density at radius 1 is 1.23 bits per heavy atom. The number of benzene rings is 1. The molecule has 0 radical (unpaired) electrons. The number of hydrogen-bond donors (Lipinski definition) is 3. The van der Waals surface area contributed by atoms with E-state index < -0.39 is 17.9 Å². The molecule has 3 aromatic heterocycles. The van der Waals surface area contributed by atoms with Gasteiger partial charge in [0.25, 0.3) is 5.91 Å². The molecule has 1 amide bonds. The molecule has 0 aliphatic heterocycles. The fourth-order valence-electron chi connectivity index (χ4n) is 3.58. The smallest absolute Gasteiger partial charge is 0.326 e. The number of hydrogen-bond acceptors (Lipinski definition) is 7. The SMILES string of the molecule is CSCC[C@H](NC(=O)c1ccc(C=C(Cc2ncc[nH]2)c2nccs2)cc1-c1ccsc1)C(=O)O. The Hall–Kier alpha value is -3.21. The van der Waals surface area contributed by atoms with E-state index in [-0.39, 0.29) is 0 Å². The van der Waals surface area contributed by atoms with Gasteiger partial charge in [-0.3, -0.25) is 4.79 Å². The predicted octanol–water partition coefficient (Wildman–Crippen LogP) is 5.31. The Morgan fingerprint density at radius 2 is 2.11 bits per heavy atom. The van der Waals surface area contributed by atoms with Gasteiger partial charge >= 0.3 is 5.97 Å². The Morgan fingerprint density at radius 3 is 2.77 bits per heavy atom. The van der Waals surface area contributed by atoms with Crippen LogP contribution in [0.2, 0.25) is 0 Å². The van der Waals surface area contributed by atoms with Crippen LogP contribution in [0.15, 0.2) is 59.0 Å². The zero-order valence-electron chi connectivity index (χ0n) is 18.9. The number of carbonyl (C=O) groups is 2. The Kier molecular flexibility index (Phi) is 8.51. The first kappa shape index (κ1) is 24.9. The number of carboxylic acids is 1. The van der Waals surface area contributed by atoms with Crippen LogP contribution in [0.1, 0.15) is 33.2 Å². The van der Waals surface area contributed by atoms with Crippen LogP contribution in [0.4, 0.5) is 0 Å². The number of rotatable bonds is 11. The molecule has 35 heavy (non-hydrogen) atoms. The molecular formula is C25H24N4O3S3. The third-order valence-electron chi connectivity index (χ3n) is 5.30. The number of H-pyrrole nitrogens is 1. The van der Waals surface area contributed by atoms with Crippen molar-refractivity contribution >= 4 is 58.0 Å². The monoisotopic (exact) mass is 524 g/mol. The molecule has 1 atom stereocenters. The van der Waals surface area contributed by atoms with Gasteiger partial charge in [0.15, 0.2) is 0 Å². The minimum atomic E-state index is -1.03. The first-order chi connectivity index (χ1) is 17.0. The first-order valence-electron chi connectivity index (χ1n) is 10.8. The topological polar surface area (TPSA) is 108 Å². The molecule has 3 N–H and O–H groups in total. The predicted molar refractivity (Wildman–Crippen MR) is 144 cm³/mol. The fraction of sp³-hybridized carbons (Fsp3) is 0.200. The summed E-state index contributed by atoms with van der Waals surface area (Å²) < 4.78 is 0. The summed E-state index contributed by atoms with van der Waals surface area (Å²) in [5, 5.41) is 19.0. The number of aliphatic carboxylic acids is 1. The van der Waals surface area contributed by atoms with Gasteiger partial charge in [-0.1, -0.05) is 6.07 Å². The Bertz CT molecular complexity index is 1280. The van der Waals surface area contributed by atoms with Gasteiger partial charge in [-0.15, -0.1) is 11.3 Å². The number of nitrogens with one attached hydrogen (secondary N) is 2. The van der Waals surface area contributed by atoms with Gasteiger partial charge in [-0.25, -0.2) is 14.8 Å². The van der Waals surface area contributed by atoms with Gasteiger partial charge in [0, 0.05) is 36.0 Å². The molecule has 0 fully saturated rings. The van der Waals surface area contributed by atoms with E-state index in [1.54, 1.807) is 59.1 Å². The van der Waals surface area contributed by atoms with E-state index >= 15 is 0 Å². The number of allylic oxidation sites excluding steroid dienone is 1. The van der Waals surface area contributed by atoms with Crippen molar-refractivity contribution in [1.82, 2.24) is 20.3 Å². The summed E-state index contributed by atoms with van der Waals surface area (Å²) in [7, 11) is 0. The number of aromatic nitrogens is 3. The molecule has 3 heterocycles. The van der Waals surface area contributed by atoms with Crippen LogP contribution in [0, 0.1) is 0 Å². The van der Waals surface area contributed by atoms with Crippen LogP contribution in [-0.2, 0) is 11.2 Å². The molecule has 0 unspecified atom stereocenters. The van der Waals surface area contributed by atoms with Gasteiger partial charge in [-0.05, 0) is 75.7 Å². The maximum atomic E-state index is 13.2. The maximum absolute atomic E-state index is 13.2. The Labute approximate surface area is 215 Å². The molecule has 0 aliphatic rings. The first-order valence-corrected chi connectivity index (χ1v) is 14.0. The third kappa shape index (κ3) is 6.47. The van der Waals surface area contributed by atoms with Crippen LogP contribution in [0.5, 0.6) is 0 Å². The summed E-state index contributed by atoms with van der Waals surface area (Å²) in [6.07, 6.45) is 10.2. The van der Waals surface area contributed by atoms with E-state index in [4.69, 9.17) is 0 Å². The van der Waals surface area contributed by atoms with Gasteiger partial charge < -0.3 is 15.4 Å². The van der Waals surface area contributed by atoms with Gasteiger partial charge in [0.05, 0.1) is 0 Å². The fourth-order valence-corrected chi connectivity index (χ4v) is 5.36. The van der Waals surface area contributed by atoms with E-state index in [9.17, 15) is 14.7 Å². The number of nitrogens with zero attached hydrogens (tertiary/aromatic N) is 2. The second-order valence-electron chi connectivity index (χ2n) is 7.68. The summed E-state index contributed by atoms with van der Waals surface area (Å²) in [4.78, 5) is 36.8. The maximum Gasteiger partial charge on any atom is 0.326 e. The lowest BCUT2D eigenvalue weighted by molar-refractivity contribution is -0.139. The van der Waals surface area contributed by atoms with E-state index in [1.807, 2.05) is 40.6 Å². The number of thiazole rings is 1. The van der Waals surface area contributed by atoms with Crippen LogP contribution in [0.3, 0.4) is 0 Å². The number of aromatic amines is 1. The van der Waals surface area contributed by atoms with Crippen molar-refractivity contribution in [3.63, 3.8) is 0 Å². The molecule has 0 spiro atoms. The van der Waals surface area contributed by atoms with E-state index in [1.165, 1.54) is 0 Å². The normalized spacial score (nSPS) is 12.4. The highest BCUT2D eigenvalue weighted by molar-refractivity contribution is 7.98. The summed E-state index contributed by atoms with van der Waals surface area (Å²) in [6, 6.07) is 6.61. The third-order valence-corrected chi connectivity index (χ3v) is 7.47. The van der Waals surface area contributed by atoms with E-state index in [0.29, 0.717) is 24.2 Å². The zero-order chi connectivity index (χ0) is 24.6. The van der Waals surface area contributed by atoms with Gasteiger partial charge in [0.2, 0.25) is 0 Å². The highest BCUT2D eigenvalue weighted by Gasteiger charge is 2.22. The molecule has 0 saturated heterocycles. The highest BCUT2D eigenvalue weighted by atomic mass is 32.2. The molecule has 180 valence electrons. The van der Waals surface area contributed by atoms with Crippen LogP contribution >= 0.6 is 34.4 Å². The average molecular weight is 525 g/mol. The number of carboxylic acid groups (broad SMARTS) is 1. The molecule has 0 bridgehead atoms. The zero-order valence-corrected chi connectivity index (χ0v) is 21.4. The van der Waals surface area contributed by atoms with Crippen molar-refractivity contribution in [2.45, 2.75) is 18.9 Å². The van der Waals surface area contributed by atoms with E-state index in [2.05, 4.69) is 26.3 Å². The molecule has 0 aliphatic carbocycles. The molecule has 0 saturated carbocycles. The van der Waals surface area contributed by atoms with Gasteiger partial charge in [0.1, 0.15) is 16.9 Å². The lowest BCUT2D eigenvalue weighted by atomic mass is 9.97. The minimum absolute atomic E-state index is 0.362. The average Bonchev–Trinajstić information content (AvgIpc) is 3.64. The van der Waals surface area contributed by atoms with Crippen LogP contribution in [0.25, 0.3) is 22.8 Å². The second-order valence-corrected chi connectivity index (χ2v) is 10.3. The molecular weight excluding hydrogens is 501 g/mol. The van der Waals surface area contributed by atoms with Crippen molar-refractivity contribution in [2.75, 3.05) is 12.0 Å². The van der Waals surface area contributed by atoms with Crippen LogP contribution in [-0.4, -0.2) is 50.0 Å². The number of carbonyl (C=O) groups excluding carboxylic acids is 1. The highest BCUT2D eigenvalue weighted by Crippen LogP contribution is 2.30. The van der Waals surface area contributed by atoms with Crippen molar-refractivity contribution in [2.24, 2.45) is 0 Å². The molecule has 4 rings (SSSR count). The summed E-state index contributed by atoms with van der Waals surface area (Å²) in [5.41, 5.74) is 4.03. The molecule has 1 aromatic carbocycles. The Balaban J connectivity index is 1.69. The lowest BCUT2D eigenvalue weighted by Crippen LogP contribution is -2.41. The molecule has 4 aromatic rings. The molecule has 7 nitrogen and oxygen atoms in total. The number of amides is 1. The minimum Gasteiger partial charge on any atom is -0.480 e. The number of thioether (sulfide) groups is 1. The number of imidazole rings is 1. The quantitative estimate of drug-likeness (QED) is 0.245. The lowest BCUT2D eigenvalue weighted by Gasteiger charge is -2.16. The summed E-state index contributed by atoms with van der Waals surface area (Å²) >= 11 is 4.65. The summed E-state index contributed by atoms with van der Waals surface area (Å²) in [6.45, 7) is 0. The van der Waals surface area contributed by atoms with Crippen molar-refractivity contribution in [3.8, 4) is 11.1 Å². The molecule has 10 heteroatoms. The summed E-state index contributed by atoms with van der Waals surface area (Å²) in [5.74, 6) is 0.0552. The number of thiophene rings is 1. The van der Waals surface area contributed by atoms with Crippen molar-refractivity contribution < 1.29 is 14.7 Å².